The monoisotopic (exact) mass is 91.0 g/mol. The van der Waals surface area contributed by atoms with Crippen LogP contribution in [-0.4, -0.2) is 12.3 Å². The van der Waals surface area contributed by atoms with Crippen molar-refractivity contribution in [2.24, 2.45) is 5.18 Å². The highest BCUT2D eigenvalue weighted by atomic mass is 32.1. The molecule has 0 amide bonds. The van der Waals surface area contributed by atoms with Gasteiger partial charge in [-0.3, -0.25) is 0 Å². The smallest absolute Gasteiger partial charge is 0.0899 e. The molecule has 0 bridgehead atoms. The summed E-state index contributed by atoms with van der Waals surface area (Å²) >= 11 is 3.71. The second kappa shape index (κ2) is 3.95. The third-order valence-electron chi connectivity index (χ3n) is 0.191. The first-order valence-corrected chi connectivity index (χ1v) is 1.95. The second-order valence-electron chi connectivity index (χ2n) is 0.576. The fourth-order valence-corrected chi connectivity index (χ4v) is 0.122. The lowest BCUT2D eigenvalue weighted by molar-refractivity contribution is 1.14. The Morgan fingerprint density at radius 1 is 1.80 bits per heavy atom. The average Bonchev–Trinajstić information content (AvgIpc) is 1.41. The van der Waals surface area contributed by atoms with Gasteiger partial charge in [0.15, 0.2) is 0 Å². The fourth-order valence-electron chi connectivity index (χ4n) is 0.0408. The molecule has 0 unspecified atom stereocenters. The van der Waals surface area contributed by atoms with Crippen molar-refractivity contribution < 1.29 is 0 Å². The lowest BCUT2D eigenvalue weighted by Crippen LogP contribution is -1.73. The molecular formula is C2H5NOS. The number of rotatable bonds is 2. The van der Waals surface area contributed by atoms with Gasteiger partial charge in [0.05, 0.1) is 6.54 Å². The predicted octanol–water partition coefficient (Wildman–Crippen LogP) is 0.683. The average molecular weight is 91.1 g/mol. The highest BCUT2D eigenvalue weighted by Gasteiger charge is 1.67. The van der Waals surface area contributed by atoms with E-state index < -0.39 is 0 Å². The van der Waals surface area contributed by atoms with Crippen LogP contribution in [0.2, 0.25) is 0 Å². The molecule has 0 atom stereocenters. The number of nitrogens with zero attached hydrogens (tertiary/aromatic N) is 1. The molecule has 0 saturated heterocycles. The molecule has 0 aliphatic rings. The first-order valence-electron chi connectivity index (χ1n) is 1.32. The van der Waals surface area contributed by atoms with Crippen molar-refractivity contribution in [3.05, 3.63) is 4.91 Å². The molecule has 0 aliphatic carbocycles. The molecule has 0 aromatic rings. The van der Waals surface area contributed by atoms with E-state index >= 15 is 0 Å². The summed E-state index contributed by atoms with van der Waals surface area (Å²) in [6.45, 7) is 0.323. The van der Waals surface area contributed by atoms with Gasteiger partial charge in [-0.25, -0.2) is 0 Å². The Morgan fingerprint density at radius 2 is 2.40 bits per heavy atom. The number of thiol groups is 1. The van der Waals surface area contributed by atoms with Gasteiger partial charge in [0.25, 0.3) is 0 Å². The molecule has 30 valence electrons. The molecule has 0 N–H and O–H groups in total. The van der Waals surface area contributed by atoms with Crippen LogP contribution in [-0.2, 0) is 0 Å². The van der Waals surface area contributed by atoms with Gasteiger partial charge in [-0.15, -0.1) is 0 Å². The Kier molecular flexibility index (Phi) is 3.91. The summed E-state index contributed by atoms with van der Waals surface area (Å²) in [6, 6.07) is 0. The maximum absolute atomic E-state index is 9.11. The maximum Gasteiger partial charge on any atom is 0.0899 e. The van der Waals surface area contributed by atoms with E-state index in [1.807, 2.05) is 0 Å². The summed E-state index contributed by atoms with van der Waals surface area (Å²) in [5, 5.41) is 2.53. The minimum Gasteiger partial charge on any atom is -0.177 e. The molecule has 0 radical (unpaired) electrons. The molecule has 0 aliphatic heterocycles. The van der Waals surface area contributed by atoms with E-state index in [1.165, 1.54) is 0 Å². The zero-order valence-electron chi connectivity index (χ0n) is 2.72. The van der Waals surface area contributed by atoms with Gasteiger partial charge in [0, 0.05) is 5.75 Å². The van der Waals surface area contributed by atoms with Crippen LogP contribution in [0.5, 0.6) is 0 Å². The summed E-state index contributed by atoms with van der Waals surface area (Å²) < 4.78 is 0. The largest absolute Gasteiger partial charge is 0.177 e. The Balaban J connectivity index is 2.40. The van der Waals surface area contributed by atoms with Gasteiger partial charge >= 0.3 is 0 Å². The Hall–Kier alpha value is -0.0500. The van der Waals surface area contributed by atoms with Crippen LogP contribution in [0.15, 0.2) is 5.18 Å². The topological polar surface area (TPSA) is 29.4 Å². The van der Waals surface area contributed by atoms with Crippen molar-refractivity contribution >= 4 is 12.6 Å². The highest BCUT2D eigenvalue weighted by Crippen LogP contribution is 1.69. The van der Waals surface area contributed by atoms with Crippen molar-refractivity contribution in [3.8, 4) is 0 Å². The van der Waals surface area contributed by atoms with Crippen LogP contribution in [0.3, 0.4) is 0 Å². The number of hydrogen-bond acceptors (Lipinski definition) is 3. The normalized spacial score (nSPS) is 7.40. The molecule has 0 saturated carbocycles. The maximum atomic E-state index is 9.11. The summed E-state index contributed by atoms with van der Waals surface area (Å²) in [5.41, 5.74) is 0. The number of nitroso groups, excluding NO2 is 1. The lowest BCUT2D eigenvalue weighted by atomic mass is 10.8. The minimum absolute atomic E-state index is 0.323. The van der Waals surface area contributed by atoms with E-state index in [2.05, 4.69) is 17.8 Å². The first-order chi connectivity index (χ1) is 2.41. The predicted molar refractivity (Wildman–Crippen MR) is 24.5 cm³/mol. The van der Waals surface area contributed by atoms with Crippen LogP contribution in [0.1, 0.15) is 0 Å². The number of hydrogen-bond donors (Lipinski definition) is 1. The van der Waals surface area contributed by atoms with E-state index in [0.717, 1.165) is 0 Å². The third kappa shape index (κ3) is 3.95. The zero-order valence-corrected chi connectivity index (χ0v) is 3.61. The molecule has 5 heavy (non-hydrogen) atoms. The Morgan fingerprint density at radius 3 is 2.40 bits per heavy atom. The van der Waals surface area contributed by atoms with Crippen LogP contribution < -0.4 is 0 Å². The quantitative estimate of drug-likeness (QED) is 0.393. The summed E-state index contributed by atoms with van der Waals surface area (Å²) in [4.78, 5) is 9.11. The molecule has 3 heteroatoms. The van der Waals surface area contributed by atoms with Crippen molar-refractivity contribution in [1.29, 1.82) is 0 Å². The third-order valence-corrected chi connectivity index (χ3v) is 0.391. The molecule has 0 heterocycles. The lowest BCUT2D eigenvalue weighted by Gasteiger charge is -1.67. The van der Waals surface area contributed by atoms with Gasteiger partial charge in [-0.2, -0.15) is 17.5 Å². The minimum atomic E-state index is 0.323. The SMILES string of the molecule is O=NCCS. The summed E-state index contributed by atoms with van der Waals surface area (Å²) in [5.74, 6) is 0.559. The van der Waals surface area contributed by atoms with Crippen molar-refractivity contribution in [1.82, 2.24) is 0 Å². The molecule has 0 fully saturated rings. The molecule has 0 aromatic heterocycles. The van der Waals surface area contributed by atoms with E-state index in [0.29, 0.717) is 12.3 Å². The van der Waals surface area contributed by atoms with Crippen LogP contribution in [0, 0.1) is 4.91 Å². The zero-order chi connectivity index (χ0) is 4.12. The van der Waals surface area contributed by atoms with Crippen molar-refractivity contribution in [2.75, 3.05) is 12.3 Å². The Bertz CT molecular complexity index is 30.8. The van der Waals surface area contributed by atoms with Gasteiger partial charge in [-0.05, 0) is 0 Å². The van der Waals surface area contributed by atoms with Gasteiger partial charge in [0.1, 0.15) is 0 Å². The fraction of sp³-hybridized carbons (Fsp3) is 1.00. The molecule has 0 aromatic carbocycles. The van der Waals surface area contributed by atoms with Gasteiger partial charge < -0.3 is 0 Å². The summed E-state index contributed by atoms with van der Waals surface area (Å²) in [7, 11) is 0. The standard InChI is InChI=1S/C2H5NOS/c4-3-1-2-5/h5H,1-2H2. The van der Waals surface area contributed by atoms with Crippen LogP contribution >= 0.6 is 12.6 Å². The molecule has 0 rings (SSSR count). The van der Waals surface area contributed by atoms with Crippen LogP contribution in [0.25, 0.3) is 0 Å². The van der Waals surface area contributed by atoms with E-state index in [9.17, 15) is 0 Å². The van der Waals surface area contributed by atoms with Gasteiger partial charge in [-0.1, -0.05) is 5.18 Å². The first kappa shape index (κ1) is 4.95. The van der Waals surface area contributed by atoms with Gasteiger partial charge in [0.2, 0.25) is 0 Å². The second-order valence-corrected chi connectivity index (χ2v) is 1.02. The molecule has 2 nitrogen and oxygen atoms in total. The molecule has 0 spiro atoms. The highest BCUT2D eigenvalue weighted by molar-refractivity contribution is 7.80. The van der Waals surface area contributed by atoms with Crippen molar-refractivity contribution in [2.45, 2.75) is 0 Å². The van der Waals surface area contributed by atoms with Crippen molar-refractivity contribution in [3.63, 3.8) is 0 Å². The Labute approximate surface area is 36.0 Å². The summed E-state index contributed by atoms with van der Waals surface area (Å²) in [6.07, 6.45) is 0. The van der Waals surface area contributed by atoms with E-state index in [4.69, 9.17) is 4.91 Å². The van der Waals surface area contributed by atoms with E-state index in [1.54, 1.807) is 0 Å². The molecular weight excluding hydrogens is 86.1 g/mol. The van der Waals surface area contributed by atoms with E-state index in [-0.39, 0.29) is 0 Å². The van der Waals surface area contributed by atoms with Crippen LogP contribution in [0.4, 0.5) is 0 Å².